The molecule has 0 radical (unpaired) electrons. The van der Waals surface area contributed by atoms with Crippen LogP contribution < -0.4 is 10.5 Å². The number of benzene rings is 1. The van der Waals surface area contributed by atoms with E-state index in [-0.39, 0.29) is 30.2 Å². The second-order valence-corrected chi connectivity index (χ2v) is 8.25. The topological polar surface area (TPSA) is 116 Å². The largest absolute Gasteiger partial charge is 0.573 e. The van der Waals surface area contributed by atoms with E-state index in [2.05, 4.69) is 19.8 Å². The number of amides is 2. The average molecular weight is 496 g/mol. The highest BCUT2D eigenvalue weighted by molar-refractivity contribution is 5.97. The van der Waals surface area contributed by atoms with Gasteiger partial charge in [-0.25, -0.2) is 9.50 Å². The molecule has 4 aromatic rings. The number of hydrogen-bond acceptors (Lipinski definition) is 6. The number of aromatic nitrogens is 4. The maximum Gasteiger partial charge on any atom is 0.573 e. The summed E-state index contributed by atoms with van der Waals surface area (Å²) < 4.78 is 44.0. The summed E-state index contributed by atoms with van der Waals surface area (Å²) in [6.07, 6.45) is -1.18. The maximum absolute atomic E-state index is 13.3. The Morgan fingerprint density at radius 3 is 2.75 bits per heavy atom. The molecule has 36 heavy (non-hydrogen) atoms. The molecule has 0 fully saturated rings. The van der Waals surface area contributed by atoms with Crippen LogP contribution >= 0.6 is 0 Å². The number of ether oxygens (including phenoxy) is 1. The van der Waals surface area contributed by atoms with Crippen molar-refractivity contribution in [2.75, 3.05) is 6.54 Å². The molecule has 1 aliphatic heterocycles. The summed E-state index contributed by atoms with van der Waals surface area (Å²) in [7, 11) is 0. The Hall–Kier alpha value is -4.48. The van der Waals surface area contributed by atoms with Crippen molar-refractivity contribution in [1.29, 1.82) is 0 Å². The molecule has 2 amide bonds. The fourth-order valence-electron chi connectivity index (χ4n) is 4.09. The van der Waals surface area contributed by atoms with E-state index in [9.17, 15) is 22.8 Å². The molecule has 5 rings (SSSR count). The first kappa shape index (κ1) is 23.3. The molecule has 0 saturated heterocycles. The lowest BCUT2D eigenvalue weighted by molar-refractivity contribution is -0.275. The Balaban J connectivity index is 1.41. The number of nitrogens with zero attached hydrogens (tertiary/aromatic N) is 5. The molecule has 0 unspecified atom stereocenters. The van der Waals surface area contributed by atoms with Crippen LogP contribution in [0.5, 0.6) is 5.75 Å². The van der Waals surface area contributed by atoms with E-state index in [0.29, 0.717) is 46.8 Å². The molecule has 9 nitrogen and oxygen atoms in total. The van der Waals surface area contributed by atoms with E-state index < -0.39 is 12.3 Å². The lowest BCUT2D eigenvalue weighted by Gasteiger charge is -2.29. The summed E-state index contributed by atoms with van der Waals surface area (Å²) in [4.78, 5) is 34.6. The zero-order valence-electron chi connectivity index (χ0n) is 18.7. The molecule has 1 aliphatic rings. The van der Waals surface area contributed by atoms with Gasteiger partial charge in [0.2, 0.25) is 5.91 Å². The molecule has 184 valence electrons. The van der Waals surface area contributed by atoms with E-state index in [1.54, 1.807) is 36.7 Å². The van der Waals surface area contributed by atoms with Crippen LogP contribution in [-0.4, -0.2) is 49.2 Å². The van der Waals surface area contributed by atoms with Crippen LogP contribution in [0, 0.1) is 0 Å². The molecule has 0 aliphatic carbocycles. The Kier molecular flexibility index (Phi) is 5.78. The normalized spacial score (nSPS) is 13.6. The number of halogens is 3. The summed E-state index contributed by atoms with van der Waals surface area (Å²) in [6.45, 7) is 0.261. The van der Waals surface area contributed by atoms with Crippen LogP contribution in [0.2, 0.25) is 0 Å². The second kappa shape index (κ2) is 8.95. The number of rotatable bonds is 6. The number of alkyl halides is 3. The van der Waals surface area contributed by atoms with Crippen molar-refractivity contribution in [1.82, 2.24) is 24.5 Å². The summed E-state index contributed by atoms with van der Waals surface area (Å²) in [5.74, 6) is -1.20. The fourth-order valence-corrected chi connectivity index (χ4v) is 4.09. The fraction of sp³-hybridized carbons (Fsp3) is 0.208. The molecule has 0 atom stereocenters. The van der Waals surface area contributed by atoms with Crippen LogP contribution in [0.3, 0.4) is 0 Å². The summed E-state index contributed by atoms with van der Waals surface area (Å²) in [5.41, 5.74) is 8.55. The highest BCUT2D eigenvalue weighted by Gasteiger charge is 2.33. The van der Waals surface area contributed by atoms with Crippen molar-refractivity contribution in [3.63, 3.8) is 0 Å². The van der Waals surface area contributed by atoms with Gasteiger partial charge in [0.1, 0.15) is 5.75 Å². The molecular weight excluding hydrogens is 477 g/mol. The predicted molar refractivity (Wildman–Crippen MR) is 121 cm³/mol. The van der Waals surface area contributed by atoms with Gasteiger partial charge in [-0.1, -0.05) is 18.2 Å². The highest BCUT2D eigenvalue weighted by Crippen LogP contribution is 2.29. The zero-order chi connectivity index (χ0) is 25.4. The van der Waals surface area contributed by atoms with Gasteiger partial charge in [0.15, 0.2) is 5.65 Å². The lowest BCUT2D eigenvalue weighted by atomic mass is 10.0. The molecule has 3 aromatic heterocycles. The molecule has 0 saturated carbocycles. The Labute approximate surface area is 202 Å². The Bertz CT molecular complexity index is 1480. The Morgan fingerprint density at radius 1 is 1.17 bits per heavy atom. The van der Waals surface area contributed by atoms with Gasteiger partial charge < -0.3 is 15.4 Å². The van der Waals surface area contributed by atoms with Gasteiger partial charge in [-0.05, 0) is 24.3 Å². The van der Waals surface area contributed by atoms with Gasteiger partial charge in [-0.2, -0.15) is 5.10 Å². The quantitative estimate of drug-likeness (QED) is 0.439. The van der Waals surface area contributed by atoms with Gasteiger partial charge in [-0.15, -0.1) is 13.2 Å². The molecule has 4 heterocycles. The van der Waals surface area contributed by atoms with E-state index in [0.717, 1.165) is 0 Å². The van der Waals surface area contributed by atoms with Crippen molar-refractivity contribution in [3.05, 3.63) is 77.4 Å². The van der Waals surface area contributed by atoms with Gasteiger partial charge in [-0.3, -0.25) is 14.6 Å². The molecular formula is C24H19F3N6O3. The lowest BCUT2D eigenvalue weighted by Crippen LogP contribution is -2.37. The minimum atomic E-state index is -4.84. The third-order valence-corrected chi connectivity index (χ3v) is 5.69. The van der Waals surface area contributed by atoms with Crippen molar-refractivity contribution < 1.29 is 27.5 Å². The number of fused-ring (bicyclic) bond motifs is 2. The van der Waals surface area contributed by atoms with E-state index in [4.69, 9.17) is 5.73 Å². The van der Waals surface area contributed by atoms with Crippen LogP contribution in [0.4, 0.5) is 13.2 Å². The van der Waals surface area contributed by atoms with Crippen LogP contribution in [-0.2, 0) is 24.2 Å². The predicted octanol–water partition coefficient (Wildman–Crippen LogP) is 2.92. The number of pyridine rings is 1. The third kappa shape index (κ3) is 4.83. The van der Waals surface area contributed by atoms with E-state index in [1.807, 2.05) is 0 Å². The van der Waals surface area contributed by atoms with Gasteiger partial charge >= 0.3 is 6.36 Å². The van der Waals surface area contributed by atoms with E-state index in [1.165, 1.54) is 27.6 Å². The van der Waals surface area contributed by atoms with Crippen molar-refractivity contribution >= 4 is 17.5 Å². The average Bonchev–Trinajstić information content (AvgIpc) is 3.21. The first-order valence-electron chi connectivity index (χ1n) is 10.9. The van der Waals surface area contributed by atoms with Crippen molar-refractivity contribution in [2.45, 2.75) is 25.7 Å². The van der Waals surface area contributed by atoms with Gasteiger partial charge in [0, 0.05) is 36.8 Å². The summed E-state index contributed by atoms with van der Waals surface area (Å²) in [5, 5.41) is 4.49. The standard InChI is InChI=1S/C24H19F3N6O3/c25-24(26,27)36-20-4-2-1-3-14(20)12-32-8-7-19-17(23(32)35)9-15(11-29-19)18-5-6-22-30-16(10-21(28)34)13-33(22)31-18/h1-6,9,11,13H,7-8,10,12H2,(H2,28,34). The molecule has 0 spiro atoms. The number of nitrogens with two attached hydrogens (primary N) is 1. The molecule has 0 bridgehead atoms. The number of hydrogen-bond donors (Lipinski definition) is 1. The van der Waals surface area contributed by atoms with Crippen LogP contribution in [0.15, 0.2) is 54.9 Å². The first-order valence-corrected chi connectivity index (χ1v) is 10.9. The SMILES string of the molecule is NC(=O)Cc1cn2nc(-c3cnc4c(c3)C(=O)N(Cc3ccccc3OC(F)(F)F)CC4)ccc2n1. The molecule has 2 N–H and O–H groups in total. The first-order chi connectivity index (χ1) is 17.2. The molecule has 1 aromatic carbocycles. The number of para-hydroxylation sites is 1. The zero-order valence-corrected chi connectivity index (χ0v) is 18.7. The molecule has 12 heteroatoms. The number of primary amides is 1. The summed E-state index contributed by atoms with van der Waals surface area (Å²) in [6, 6.07) is 10.9. The van der Waals surface area contributed by atoms with Crippen molar-refractivity contribution in [3.8, 4) is 17.0 Å². The third-order valence-electron chi connectivity index (χ3n) is 5.69. The highest BCUT2D eigenvalue weighted by atomic mass is 19.4. The minimum absolute atomic E-state index is 0.0133. The Morgan fingerprint density at radius 2 is 1.97 bits per heavy atom. The van der Waals surface area contributed by atoms with Crippen LogP contribution in [0.1, 0.15) is 27.3 Å². The minimum Gasteiger partial charge on any atom is -0.405 e. The maximum atomic E-state index is 13.3. The summed E-state index contributed by atoms with van der Waals surface area (Å²) >= 11 is 0. The number of imidazole rings is 1. The van der Waals surface area contributed by atoms with Gasteiger partial charge in [0.25, 0.3) is 5.91 Å². The van der Waals surface area contributed by atoms with Crippen LogP contribution in [0.25, 0.3) is 16.9 Å². The smallest absolute Gasteiger partial charge is 0.405 e. The number of carbonyl (C=O) groups is 2. The monoisotopic (exact) mass is 496 g/mol. The van der Waals surface area contributed by atoms with Crippen molar-refractivity contribution in [2.24, 2.45) is 5.73 Å². The number of carbonyl (C=O) groups excluding carboxylic acids is 2. The van der Waals surface area contributed by atoms with Gasteiger partial charge in [0.05, 0.1) is 35.3 Å². The van der Waals surface area contributed by atoms with E-state index >= 15 is 0 Å². The second-order valence-electron chi connectivity index (χ2n) is 8.25.